The van der Waals surface area contributed by atoms with E-state index >= 15 is 0 Å². The van der Waals surface area contributed by atoms with E-state index in [-0.39, 0.29) is 30.0 Å². The number of ether oxygens (including phenoxy) is 1. The summed E-state index contributed by atoms with van der Waals surface area (Å²) in [4.78, 5) is 33.0. The van der Waals surface area contributed by atoms with Gasteiger partial charge in [0.15, 0.2) is 0 Å². The Morgan fingerprint density at radius 1 is 1.14 bits per heavy atom. The van der Waals surface area contributed by atoms with Gasteiger partial charge in [0.25, 0.3) is 5.91 Å². The SMILES string of the molecule is O=C(N[C@@H](Cc1ccc(OC(F)(F)F)cc1)C(=O)N1CCCC[C@@H]1c1cccnc1)c1cccs1. The Morgan fingerprint density at radius 2 is 1.94 bits per heavy atom. The Kier molecular flexibility index (Phi) is 7.70. The topological polar surface area (TPSA) is 71.5 Å². The fourth-order valence-electron chi connectivity index (χ4n) is 4.22. The maximum atomic E-state index is 13.8. The fraction of sp³-hybridized carbons (Fsp3) is 0.320. The van der Waals surface area contributed by atoms with Crippen LogP contribution in [0.15, 0.2) is 66.3 Å². The predicted molar refractivity (Wildman–Crippen MR) is 125 cm³/mol. The highest BCUT2D eigenvalue weighted by atomic mass is 32.1. The van der Waals surface area contributed by atoms with E-state index in [1.54, 1.807) is 34.8 Å². The van der Waals surface area contributed by atoms with Gasteiger partial charge in [-0.1, -0.05) is 24.3 Å². The molecule has 1 saturated heterocycles. The molecule has 1 aromatic carbocycles. The van der Waals surface area contributed by atoms with Gasteiger partial charge in [-0.05, 0) is 60.0 Å². The first-order chi connectivity index (χ1) is 16.8. The molecule has 0 bridgehead atoms. The highest BCUT2D eigenvalue weighted by molar-refractivity contribution is 7.12. The van der Waals surface area contributed by atoms with Crippen LogP contribution in [0.3, 0.4) is 0 Å². The third kappa shape index (κ3) is 6.60. The average Bonchev–Trinajstić information content (AvgIpc) is 3.39. The van der Waals surface area contributed by atoms with Crippen LogP contribution in [0.2, 0.25) is 0 Å². The van der Waals surface area contributed by atoms with E-state index in [9.17, 15) is 22.8 Å². The molecule has 1 N–H and O–H groups in total. The molecule has 0 aliphatic carbocycles. The smallest absolute Gasteiger partial charge is 0.406 e. The first-order valence-corrected chi connectivity index (χ1v) is 12.1. The number of alkyl halides is 3. The summed E-state index contributed by atoms with van der Waals surface area (Å²) in [6, 6.07) is 11.5. The van der Waals surface area contributed by atoms with Crippen molar-refractivity contribution in [1.29, 1.82) is 0 Å². The van der Waals surface area contributed by atoms with Crippen LogP contribution in [0.4, 0.5) is 13.2 Å². The lowest BCUT2D eigenvalue weighted by Gasteiger charge is -2.38. The number of hydrogen-bond acceptors (Lipinski definition) is 5. The Labute approximate surface area is 204 Å². The van der Waals surface area contributed by atoms with Gasteiger partial charge in [-0.25, -0.2) is 0 Å². The van der Waals surface area contributed by atoms with Gasteiger partial charge in [0.2, 0.25) is 5.91 Å². The standard InChI is InChI=1S/C25H24F3N3O3S/c26-25(27,28)34-19-10-8-17(9-11-19)15-20(30-23(32)22-7-4-14-35-22)24(33)31-13-2-1-6-21(31)18-5-3-12-29-16-18/h3-5,7-12,14,16,20-21H,1-2,6,13,15H2,(H,30,32)/t20-,21+/m0/s1. The van der Waals surface area contributed by atoms with Crippen LogP contribution in [0, 0.1) is 0 Å². The normalized spacial score (nSPS) is 17.0. The zero-order valence-corrected chi connectivity index (χ0v) is 19.5. The summed E-state index contributed by atoms with van der Waals surface area (Å²) in [5.41, 5.74) is 1.52. The molecule has 0 spiro atoms. The number of carbonyl (C=O) groups excluding carboxylic acids is 2. The molecule has 0 saturated carbocycles. The quantitative estimate of drug-likeness (QED) is 0.485. The first-order valence-electron chi connectivity index (χ1n) is 11.2. The summed E-state index contributed by atoms with van der Waals surface area (Å²) in [7, 11) is 0. The predicted octanol–water partition coefficient (Wildman–Crippen LogP) is 5.14. The molecule has 0 unspecified atom stereocenters. The molecular formula is C25H24F3N3O3S. The molecule has 184 valence electrons. The summed E-state index contributed by atoms with van der Waals surface area (Å²) in [6.07, 6.45) is 1.35. The van der Waals surface area contributed by atoms with Crippen molar-refractivity contribution >= 4 is 23.2 Å². The number of pyridine rings is 1. The van der Waals surface area contributed by atoms with Crippen molar-refractivity contribution in [1.82, 2.24) is 15.2 Å². The number of halogens is 3. The Morgan fingerprint density at radius 3 is 2.60 bits per heavy atom. The van der Waals surface area contributed by atoms with Gasteiger partial charge in [-0.3, -0.25) is 14.6 Å². The largest absolute Gasteiger partial charge is 0.573 e. The second kappa shape index (κ2) is 10.9. The molecule has 3 aromatic rings. The molecule has 1 fully saturated rings. The van der Waals surface area contributed by atoms with Crippen LogP contribution in [-0.2, 0) is 11.2 Å². The molecule has 1 aliphatic rings. The average molecular weight is 504 g/mol. The molecule has 2 amide bonds. The number of benzene rings is 1. The molecule has 2 aromatic heterocycles. The summed E-state index contributed by atoms with van der Waals surface area (Å²) in [5.74, 6) is -0.955. The third-order valence-corrected chi connectivity index (χ3v) is 6.67. The number of rotatable bonds is 7. The van der Waals surface area contributed by atoms with E-state index in [2.05, 4.69) is 15.0 Å². The minimum atomic E-state index is -4.79. The molecule has 4 rings (SSSR count). The zero-order chi connectivity index (χ0) is 24.8. The number of nitrogens with one attached hydrogen (secondary N) is 1. The van der Waals surface area contributed by atoms with Crippen molar-refractivity contribution in [2.75, 3.05) is 6.54 Å². The first kappa shape index (κ1) is 24.7. The van der Waals surface area contributed by atoms with Gasteiger partial charge < -0.3 is 15.0 Å². The molecule has 35 heavy (non-hydrogen) atoms. The highest BCUT2D eigenvalue weighted by Crippen LogP contribution is 2.31. The number of aromatic nitrogens is 1. The number of nitrogens with zero attached hydrogens (tertiary/aromatic N) is 2. The number of likely N-dealkylation sites (tertiary alicyclic amines) is 1. The summed E-state index contributed by atoms with van der Waals surface area (Å²) in [6.45, 7) is 0.544. The number of hydrogen-bond donors (Lipinski definition) is 1. The van der Waals surface area contributed by atoms with Gasteiger partial charge >= 0.3 is 6.36 Å². The number of amides is 2. The van der Waals surface area contributed by atoms with Crippen molar-refractivity contribution in [2.24, 2.45) is 0 Å². The molecule has 10 heteroatoms. The van der Waals surface area contributed by atoms with Crippen LogP contribution < -0.4 is 10.1 Å². The second-order valence-electron chi connectivity index (χ2n) is 8.23. The van der Waals surface area contributed by atoms with E-state index in [0.717, 1.165) is 24.8 Å². The van der Waals surface area contributed by atoms with Crippen LogP contribution in [0.5, 0.6) is 5.75 Å². The number of piperidine rings is 1. The van der Waals surface area contributed by atoms with Crippen molar-refractivity contribution in [3.05, 3.63) is 82.3 Å². The molecule has 1 aliphatic heterocycles. The van der Waals surface area contributed by atoms with Crippen LogP contribution in [-0.4, -0.2) is 40.6 Å². The summed E-state index contributed by atoms with van der Waals surface area (Å²) in [5, 5.41) is 4.62. The van der Waals surface area contributed by atoms with E-state index in [1.807, 2.05) is 12.1 Å². The summed E-state index contributed by atoms with van der Waals surface area (Å²) < 4.78 is 41.4. The summed E-state index contributed by atoms with van der Waals surface area (Å²) >= 11 is 1.26. The fourth-order valence-corrected chi connectivity index (χ4v) is 4.84. The Balaban J connectivity index is 1.57. The molecule has 6 nitrogen and oxygen atoms in total. The van der Waals surface area contributed by atoms with E-state index in [0.29, 0.717) is 17.0 Å². The molecule has 0 radical (unpaired) electrons. The van der Waals surface area contributed by atoms with Gasteiger partial charge in [0, 0.05) is 25.4 Å². The lowest BCUT2D eigenvalue weighted by molar-refractivity contribution is -0.274. The molecule has 3 heterocycles. The lowest BCUT2D eigenvalue weighted by atomic mass is 9.94. The maximum Gasteiger partial charge on any atom is 0.573 e. The minimum absolute atomic E-state index is 0.124. The Hall–Kier alpha value is -3.40. The number of carbonyl (C=O) groups is 2. The van der Waals surface area contributed by atoms with Crippen molar-refractivity contribution in [2.45, 2.75) is 44.1 Å². The van der Waals surface area contributed by atoms with Crippen LogP contribution in [0.1, 0.15) is 46.1 Å². The number of thiophene rings is 1. The van der Waals surface area contributed by atoms with Gasteiger partial charge in [0.1, 0.15) is 11.8 Å². The van der Waals surface area contributed by atoms with Gasteiger partial charge in [-0.15, -0.1) is 24.5 Å². The zero-order valence-electron chi connectivity index (χ0n) is 18.7. The third-order valence-electron chi connectivity index (χ3n) is 5.80. The van der Waals surface area contributed by atoms with E-state index in [1.165, 1.54) is 35.6 Å². The second-order valence-corrected chi connectivity index (χ2v) is 9.18. The van der Waals surface area contributed by atoms with E-state index < -0.39 is 12.4 Å². The van der Waals surface area contributed by atoms with Crippen molar-refractivity contribution in [3.63, 3.8) is 0 Å². The van der Waals surface area contributed by atoms with Crippen molar-refractivity contribution < 1.29 is 27.5 Å². The molecular weight excluding hydrogens is 479 g/mol. The van der Waals surface area contributed by atoms with E-state index in [4.69, 9.17) is 0 Å². The highest BCUT2D eigenvalue weighted by Gasteiger charge is 2.34. The van der Waals surface area contributed by atoms with Crippen molar-refractivity contribution in [3.8, 4) is 5.75 Å². The lowest BCUT2D eigenvalue weighted by Crippen LogP contribution is -2.51. The van der Waals surface area contributed by atoms with Gasteiger partial charge in [-0.2, -0.15) is 0 Å². The maximum absolute atomic E-state index is 13.8. The minimum Gasteiger partial charge on any atom is -0.406 e. The van der Waals surface area contributed by atoms with Gasteiger partial charge in [0.05, 0.1) is 10.9 Å². The van der Waals surface area contributed by atoms with Crippen LogP contribution in [0.25, 0.3) is 0 Å². The van der Waals surface area contributed by atoms with Crippen LogP contribution >= 0.6 is 11.3 Å². The Bertz CT molecular complexity index is 1120. The monoisotopic (exact) mass is 503 g/mol. The molecule has 2 atom stereocenters.